The summed E-state index contributed by atoms with van der Waals surface area (Å²) in [5.41, 5.74) is 32.4. The Labute approximate surface area is 763 Å². The fourth-order valence-corrected chi connectivity index (χ4v) is 19.6. The molecule has 33 aliphatic rings. The first-order valence-corrected chi connectivity index (χ1v) is 46.6. The number of nitrogens with zero attached hydrogens (tertiary/aromatic N) is 6. The molecule has 0 saturated carbocycles. The van der Waals surface area contributed by atoms with E-state index in [-0.39, 0.29) is 0 Å². The molecule has 0 fully saturated rings. The van der Waals surface area contributed by atoms with Gasteiger partial charge in [-0.15, -0.1) is 0 Å². The topological polar surface area (TPSA) is 23.3 Å². The van der Waals surface area contributed by atoms with Gasteiger partial charge in [0.05, 0.1) is 0 Å². The molecule has 30 aliphatic heterocycles. The highest BCUT2D eigenvalue weighted by Gasteiger charge is 2.30. The van der Waals surface area contributed by atoms with Crippen molar-refractivity contribution in [3.63, 3.8) is 0 Å². The zero-order valence-corrected chi connectivity index (χ0v) is 74.2. The molecule has 1 unspecified atom stereocenters. The summed E-state index contributed by atoms with van der Waals surface area (Å²) in [6, 6.07) is 124. The summed E-state index contributed by atoms with van der Waals surface area (Å²) < 4.78 is 13.5. The van der Waals surface area contributed by atoms with Crippen LogP contribution in [0.4, 0.5) is 0 Å². The van der Waals surface area contributed by atoms with Crippen LogP contribution in [0.1, 0.15) is 67.1 Å². The van der Waals surface area contributed by atoms with Gasteiger partial charge in [-0.25, -0.2) is 27.4 Å². The Kier molecular flexibility index (Phi) is 21.8. The SMILES string of the molecule is BrCc1ccc(C[n+]2ccc(-c3ccc4cc5cc(-c6cc[n+](Cc7ccc(CBr)cc7)cc6)ccc5cc4c3)cc2)cc1.C1=CC2=CCc3cccc4c3C2C(=C1)C=C4.c1cc2ccc1C[n+]1ccc(cc1)-c1ccc3cc4cc(ccc4cc3c1)-c1cc[n+](cc1)Cc1ccc(cc1)C[n+]1ccc(cc1)-c1ccc3cc4cc(ccc4cc3c1)-c1cc[n+](cc1)C2. The Morgan fingerprint density at radius 1 is 0.242 bits per heavy atom. The van der Waals surface area contributed by atoms with Gasteiger partial charge in [0.25, 0.3) is 0 Å². The first-order valence-electron chi connectivity index (χ1n) is 44.3. The molecule has 20 aromatic rings. The van der Waals surface area contributed by atoms with E-state index in [1.807, 2.05) is 0 Å². The molecule has 1 atom stereocenters. The molecule has 0 N–H and O–H groups in total. The maximum atomic E-state index is 3.52. The lowest BCUT2D eigenvalue weighted by molar-refractivity contribution is -0.688. The molecule has 6 nitrogen and oxygen atoms in total. The highest BCUT2D eigenvalue weighted by Crippen LogP contribution is 2.46. The van der Waals surface area contributed by atoms with E-state index in [1.165, 1.54) is 204 Å². The lowest BCUT2D eigenvalue weighted by atomic mass is 9.71. The quantitative estimate of drug-likeness (QED) is 0.0822. The average molecular weight is 1780 g/mol. The van der Waals surface area contributed by atoms with Gasteiger partial charge in [-0.3, -0.25) is 0 Å². The Hall–Kier alpha value is -14.5. The van der Waals surface area contributed by atoms with Crippen molar-refractivity contribution < 1.29 is 27.4 Å². The van der Waals surface area contributed by atoms with E-state index in [0.29, 0.717) is 5.92 Å². The number of hydrogen-bond acceptors (Lipinski definition) is 0. The van der Waals surface area contributed by atoms with Crippen molar-refractivity contribution in [2.24, 2.45) is 0 Å². The van der Waals surface area contributed by atoms with Crippen molar-refractivity contribution in [2.45, 2.75) is 62.3 Å². The number of benzene rings is 14. The van der Waals surface area contributed by atoms with Crippen LogP contribution in [-0.2, 0) is 56.3 Å². The lowest BCUT2D eigenvalue weighted by Gasteiger charge is -2.32. The number of aromatic nitrogens is 6. The fraction of sp³-hybridized carbons (Fsp3) is 0.0833. The monoisotopic (exact) mass is 1770 g/mol. The van der Waals surface area contributed by atoms with Crippen LogP contribution < -0.4 is 27.4 Å². The summed E-state index contributed by atoms with van der Waals surface area (Å²) >= 11 is 7.05. The van der Waals surface area contributed by atoms with Crippen LogP contribution in [0.25, 0.3) is 137 Å². The van der Waals surface area contributed by atoms with Gasteiger partial charge in [-0.1, -0.05) is 256 Å². The number of halogens is 2. The van der Waals surface area contributed by atoms with Gasteiger partial charge in [0.2, 0.25) is 0 Å². The molecule has 128 heavy (non-hydrogen) atoms. The Bertz CT molecular complexity index is 7090. The third-order valence-corrected chi connectivity index (χ3v) is 27.4. The number of alkyl halides is 2. The van der Waals surface area contributed by atoms with Crippen LogP contribution >= 0.6 is 31.9 Å². The predicted molar refractivity (Wildman–Crippen MR) is 531 cm³/mol. The van der Waals surface area contributed by atoms with Gasteiger partial charge in [0.1, 0.15) is 0 Å². The fourth-order valence-electron chi connectivity index (χ4n) is 18.9. The number of rotatable bonds is 8. The second-order valence-electron chi connectivity index (χ2n) is 34.6. The maximum Gasteiger partial charge on any atom is 0.173 e. The third kappa shape index (κ3) is 17.2. The van der Waals surface area contributed by atoms with Gasteiger partial charge in [0, 0.05) is 123 Å². The first-order chi connectivity index (χ1) is 63.1. The molecule has 36 heterocycles. The van der Waals surface area contributed by atoms with Gasteiger partial charge in [0.15, 0.2) is 114 Å². The summed E-state index contributed by atoms with van der Waals surface area (Å²) in [7, 11) is 0. The van der Waals surface area contributed by atoms with Crippen molar-refractivity contribution in [3.8, 4) is 66.8 Å². The highest BCUT2D eigenvalue weighted by molar-refractivity contribution is 9.08. The summed E-state index contributed by atoms with van der Waals surface area (Å²) in [5, 5.41) is 16.8. The van der Waals surface area contributed by atoms with Crippen molar-refractivity contribution in [3.05, 3.63) is 511 Å². The third-order valence-electron chi connectivity index (χ3n) is 26.1. The standard InChI is InChI=1S/C64H48N4.C40H32Br2N2.C16H12/c1-2-46-4-3-45(1)41-65-25-17-49(18-26-65)53-9-13-57-38-63-35-55(11-15-59(63)37-61(57)33-53)51-21-29-67(30-22-51)43-47-5-7-48(8-6-47)44-68-31-23-52(24-32-68)56-12-16-60-39-62-34-54(10-14-58(62)40-64(60)36-56)50-19-27-66(42-46)28-20-50;41-25-29-1-5-31(6-2-29)27-43-17-13-33(14-18-43)35-9-11-37-24-40-22-36(10-12-38(40)23-39(37)21-35)34-15-19-44(20-16-34)28-32-7-3-30(26-42)4-8-32;1-3-11-7-9-13-5-2-6-14-10-8-12(4-1)15(11)16(13)14/h1-40H,41-44H2;1-24H,25-28H2;1-9,15H,10H2/q+4;+2;. The van der Waals surface area contributed by atoms with Crippen LogP contribution in [0.5, 0.6) is 0 Å². The van der Waals surface area contributed by atoms with E-state index < -0.39 is 0 Å². The average Bonchev–Trinajstić information content (AvgIpc) is 0.751. The number of pyridine rings is 6. The molecule has 610 valence electrons. The summed E-state index contributed by atoms with van der Waals surface area (Å²) in [6.07, 6.45) is 40.9. The maximum absolute atomic E-state index is 3.52. The van der Waals surface area contributed by atoms with E-state index in [9.17, 15) is 0 Å². The van der Waals surface area contributed by atoms with E-state index >= 15 is 0 Å². The van der Waals surface area contributed by atoms with Gasteiger partial charge < -0.3 is 0 Å². The molecule has 0 saturated heterocycles. The molecule has 14 aromatic carbocycles. The van der Waals surface area contributed by atoms with E-state index in [1.54, 1.807) is 0 Å². The van der Waals surface area contributed by atoms with Crippen LogP contribution in [0.2, 0.25) is 0 Å². The molecule has 53 rings (SSSR count). The van der Waals surface area contributed by atoms with Gasteiger partial charge >= 0.3 is 0 Å². The Balaban J connectivity index is 0.000000136. The largest absolute Gasteiger partial charge is 0.201 e. The minimum Gasteiger partial charge on any atom is -0.201 e. The van der Waals surface area contributed by atoms with Gasteiger partial charge in [-0.2, -0.15) is 0 Å². The molecule has 0 radical (unpaired) electrons. The van der Waals surface area contributed by atoms with E-state index in [0.717, 1.165) is 56.3 Å². The lowest BCUT2D eigenvalue weighted by Crippen LogP contribution is -2.33. The number of fused-ring (bicyclic) bond motifs is 2. The minimum atomic E-state index is 0.509. The molecule has 0 amide bonds. The first kappa shape index (κ1) is 79.4. The zero-order valence-electron chi connectivity index (χ0n) is 71.0. The smallest absolute Gasteiger partial charge is 0.173 e. The molecule has 6 aromatic heterocycles. The Morgan fingerprint density at radius 2 is 0.531 bits per heavy atom. The van der Waals surface area contributed by atoms with E-state index in [4.69, 9.17) is 0 Å². The summed E-state index contributed by atoms with van der Waals surface area (Å²) in [6.45, 7) is 5.01. The van der Waals surface area contributed by atoms with Crippen LogP contribution in [0.3, 0.4) is 0 Å². The number of allylic oxidation sites excluding steroid dienone is 7. The zero-order chi connectivity index (χ0) is 85.4. The van der Waals surface area contributed by atoms with Crippen molar-refractivity contribution in [1.29, 1.82) is 0 Å². The molecular weight excluding hydrogens is 1690 g/mol. The molecule has 8 heteroatoms. The van der Waals surface area contributed by atoms with Gasteiger partial charge in [-0.05, 0) is 250 Å². The molecule has 3 aliphatic carbocycles. The molecule has 24 bridgehead atoms. The summed E-state index contributed by atoms with van der Waals surface area (Å²) in [5.74, 6) is 0.509. The Morgan fingerprint density at radius 3 is 0.828 bits per heavy atom. The number of hydrogen-bond donors (Lipinski definition) is 0. The summed E-state index contributed by atoms with van der Waals surface area (Å²) in [4.78, 5) is 0. The second kappa shape index (κ2) is 35.1. The van der Waals surface area contributed by atoms with Crippen molar-refractivity contribution in [1.82, 2.24) is 0 Å². The predicted octanol–water partition coefficient (Wildman–Crippen LogP) is 26.2. The molecular formula is C120H92Br2N6+6. The van der Waals surface area contributed by atoms with Crippen LogP contribution in [-0.4, -0.2) is 0 Å². The molecule has 0 spiro atoms. The minimum absolute atomic E-state index is 0.509. The highest BCUT2D eigenvalue weighted by atomic mass is 79.9. The van der Waals surface area contributed by atoms with E-state index in [2.05, 4.69) is 504 Å². The second-order valence-corrected chi connectivity index (χ2v) is 35.8. The normalized spacial score (nSPS) is 13.5. The van der Waals surface area contributed by atoms with Crippen molar-refractivity contribution >= 4 is 103 Å². The van der Waals surface area contributed by atoms with Crippen LogP contribution in [0, 0.1) is 0 Å². The van der Waals surface area contributed by atoms with Crippen LogP contribution in [0.15, 0.2) is 450 Å². The van der Waals surface area contributed by atoms with Crippen molar-refractivity contribution in [2.75, 3.05) is 0 Å².